The van der Waals surface area contributed by atoms with Gasteiger partial charge in [-0.25, -0.2) is 0 Å². The molecule has 2 aromatic heterocycles. The standard InChI is InChI=1S/C12H14Cl2IN2/c1-8-4-9(7-17(2,3)15)12-11(14)5-10(13)6-16(8)12/h4-6H,7H2,1-3H3/q+1. The van der Waals surface area contributed by atoms with Gasteiger partial charge in [-0.2, -0.15) is 0 Å². The van der Waals surface area contributed by atoms with Crippen molar-refractivity contribution in [2.45, 2.75) is 13.5 Å². The van der Waals surface area contributed by atoms with Crippen molar-refractivity contribution in [3.63, 3.8) is 0 Å². The second kappa shape index (κ2) is 4.61. The molecule has 17 heavy (non-hydrogen) atoms. The smallest absolute Gasteiger partial charge is 0.248 e. The first kappa shape index (κ1) is 13.5. The molecule has 0 spiro atoms. The van der Waals surface area contributed by atoms with Crippen LogP contribution < -0.4 is 0 Å². The molecule has 0 aliphatic carbocycles. The average Bonchev–Trinajstić information content (AvgIpc) is 2.39. The molecule has 0 fully saturated rings. The fourth-order valence-corrected chi connectivity index (χ4v) is 2.99. The number of nitrogens with zero attached hydrogens (tertiary/aromatic N) is 2. The minimum absolute atomic E-state index is 0.663. The zero-order chi connectivity index (χ0) is 12.8. The summed E-state index contributed by atoms with van der Waals surface area (Å²) in [5.41, 5.74) is 3.48. The Morgan fingerprint density at radius 1 is 1.29 bits per heavy atom. The number of pyridine rings is 1. The van der Waals surface area contributed by atoms with Gasteiger partial charge in [0.15, 0.2) is 0 Å². The summed E-state index contributed by atoms with van der Waals surface area (Å²) in [7, 11) is 4.31. The predicted octanol–water partition coefficient (Wildman–Crippen LogP) is 4.48. The fraction of sp³-hybridized carbons (Fsp3) is 0.333. The summed E-state index contributed by atoms with van der Waals surface area (Å²) in [6.07, 6.45) is 1.91. The molecule has 5 heteroatoms. The molecule has 0 N–H and O–H groups in total. The maximum absolute atomic E-state index is 6.29. The van der Waals surface area contributed by atoms with Gasteiger partial charge in [0, 0.05) is 17.5 Å². The molecule has 2 aromatic rings. The highest BCUT2D eigenvalue weighted by molar-refractivity contribution is 14.1. The van der Waals surface area contributed by atoms with Gasteiger partial charge in [0.05, 0.1) is 29.7 Å². The maximum Gasteiger partial charge on any atom is 0.248 e. The molecule has 0 saturated carbocycles. The van der Waals surface area contributed by atoms with E-state index >= 15 is 0 Å². The van der Waals surface area contributed by atoms with E-state index in [2.05, 4.69) is 54.4 Å². The predicted molar refractivity (Wildman–Crippen MR) is 82.0 cm³/mol. The van der Waals surface area contributed by atoms with E-state index in [0.29, 0.717) is 10.0 Å². The van der Waals surface area contributed by atoms with E-state index in [-0.39, 0.29) is 0 Å². The molecule has 0 aromatic carbocycles. The number of rotatable bonds is 2. The minimum atomic E-state index is 0.663. The van der Waals surface area contributed by atoms with Crippen LogP contribution in [0.15, 0.2) is 18.3 Å². The van der Waals surface area contributed by atoms with Gasteiger partial charge in [-0.3, -0.25) is 2.70 Å². The van der Waals surface area contributed by atoms with Crippen molar-refractivity contribution in [3.05, 3.63) is 39.6 Å². The Hall–Kier alpha value is 0.0300. The highest BCUT2D eigenvalue weighted by Crippen LogP contribution is 2.30. The fourth-order valence-electron chi connectivity index (χ4n) is 2.03. The molecular weight excluding hydrogens is 370 g/mol. The second-order valence-electron chi connectivity index (χ2n) is 4.73. The maximum atomic E-state index is 6.29. The van der Waals surface area contributed by atoms with E-state index in [9.17, 15) is 0 Å². The van der Waals surface area contributed by atoms with Crippen LogP contribution >= 0.6 is 46.1 Å². The first-order valence-electron chi connectivity index (χ1n) is 5.26. The highest BCUT2D eigenvalue weighted by Gasteiger charge is 2.18. The average molecular weight is 384 g/mol. The highest BCUT2D eigenvalue weighted by atomic mass is 127. The summed E-state index contributed by atoms with van der Waals surface area (Å²) in [6, 6.07) is 3.98. The molecule has 0 atom stereocenters. The largest absolute Gasteiger partial charge is 0.318 e. The van der Waals surface area contributed by atoms with Crippen LogP contribution in [0.1, 0.15) is 11.3 Å². The molecule has 0 unspecified atom stereocenters. The van der Waals surface area contributed by atoms with Crippen molar-refractivity contribution in [2.75, 3.05) is 14.1 Å². The third kappa shape index (κ3) is 2.89. The van der Waals surface area contributed by atoms with Gasteiger partial charge in [0.25, 0.3) is 0 Å². The first-order chi connectivity index (χ1) is 7.78. The van der Waals surface area contributed by atoms with Crippen LogP contribution in [-0.4, -0.2) is 21.2 Å². The Morgan fingerprint density at radius 2 is 1.94 bits per heavy atom. The van der Waals surface area contributed by atoms with Crippen molar-refractivity contribution in [3.8, 4) is 0 Å². The Balaban J connectivity index is 2.66. The lowest BCUT2D eigenvalue weighted by Crippen LogP contribution is -2.25. The van der Waals surface area contributed by atoms with Crippen molar-refractivity contribution < 1.29 is 2.70 Å². The van der Waals surface area contributed by atoms with Crippen LogP contribution in [0.3, 0.4) is 0 Å². The molecule has 0 saturated heterocycles. The number of aryl methyl sites for hydroxylation is 1. The SMILES string of the molecule is Cc1cc(C[N+](C)(C)I)c2c(Cl)cc(Cl)cn12. The van der Waals surface area contributed by atoms with Crippen LogP contribution in [-0.2, 0) is 6.54 Å². The Kier molecular flexibility index (Phi) is 3.65. The summed E-state index contributed by atoms with van der Waals surface area (Å²) in [4.78, 5) is 0. The summed E-state index contributed by atoms with van der Waals surface area (Å²) in [6.45, 7) is 3.00. The van der Waals surface area contributed by atoms with Crippen LogP contribution in [0.4, 0.5) is 0 Å². The molecule has 0 aliphatic rings. The zero-order valence-corrected chi connectivity index (χ0v) is 13.6. The van der Waals surface area contributed by atoms with Gasteiger partial charge in [0.2, 0.25) is 22.9 Å². The Morgan fingerprint density at radius 3 is 2.53 bits per heavy atom. The van der Waals surface area contributed by atoms with Crippen LogP contribution in [0.5, 0.6) is 0 Å². The van der Waals surface area contributed by atoms with Gasteiger partial charge in [-0.1, -0.05) is 23.2 Å². The monoisotopic (exact) mass is 383 g/mol. The van der Waals surface area contributed by atoms with Crippen molar-refractivity contribution >= 4 is 51.6 Å². The quantitative estimate of drug-likeness (QED) is 0.532. The normalized spacial score (nSPS) is 12.4. The molecule has 0 aliphatic heterocycles. The van der Waals surface area contributed by atoms with Crippen molar-refractivity contribution in [2.24, 2.45) is 0 Å². The van der Waals surface area contributed by atoms with E-state index in [1.807, 2.05) is 6.20 Å². The summed E-state index contributed by atoms with van der Waals surface area (Å²) in [5, 5.41) is 1.38. The summed E-state index contributed by atoms with van der Waals surface area (Å²) < 4.78 is 2.90. The van der Waals surface area contributed by atoms with E-state index in [0.717, 1.165) is 20.5 Å². The third-order valence-electron chi connectivity index (χ3n) is 2.60. The molecule has 92 valence electrons. The molecule has 0 amide bonds. The zero-order valence-electron chi connectivity index (χ0n) is 9.97. The second-order valence-corrected chi connectivity index (χ2v) is 8.19. The van der Waals surface area contributed by atoms with E-state index in [1.165, 1.54) is 5.56 Å². The van der Waals surface area contributed by atoms with Crippen LogP contribution in [0.25, 0.3) is 5.52 Å². The van der Waals surface area contributed by atoms with Crippen molar-refractivity contribution in [1.29, 1.82) is 0 Å². The minimum Gasteiger partial charge on any atom is -0.318 e. The molecule has 0 bridgehead atoms. The molecule has 0 radical (unpaired) electrons. The molecule has 2 rings (SSSR count). The number of halogens is 3. The first-order valence-corrected chi connectivity index (χ1v) is 6.98. The summed E-state index contributed by atoms with van der Waals surface area (Å²) >= 11 is 14.7. The number of hydrogen-bond acceptors (Lipinski definition) is 0. The van der Waals surface area contributed by atoms with E-state index in [4.69, 9.17) is 23.2 Å². The van der Waals surface area contributed by atoms with Crippen LogP contribution in [0.2, 0.25) is 10.0 Å². The molecular formula is C12H14Cl2IN2+. The Labute approximate surface area is 125 Å². The Bertz CT molecular complexity index is 570. The number of fused-ring (bicyclic) bond motifs is 1. The molecule has 2 heterocycles. The summed E-state index contributed by atoms with van der Waals surface area (Å²) in [5.74, 6) is 0. The number of quaternary nitrogens is 1. The lowest BCUT2D eigenvalue weighted by atomic mass is 10.2. The van der Waals surface area contributed by atoms with E-state index < -0.39 is 0 Å². The van der Waals surface area contributed by atoms with Crippen molar-refractivity contribution in [1.82, 2.24) is 4.40 Å². The molecule has 2 nitrogen and oxygen atoms in total. The number of hydrogen-bond donors (Lipinski definition) is 0. The lowest BCUT2D eigenvalue weighted by Gasteiger charge is -2.19. The topological polar surface area (TPSA) is 4.41 Å². The van der Waals surface area contributed by atoms with Crippen LogP contribution in [0, 0.1) is 6.92 Å². The van der Waals surface area contributed by atoms with Gasteiger partial charge < -0.3 is 4.40 Å². The lowest BCUT2D eigenvalue weighted by molar-refractivity contribution is -0.721. The van der Waals surface area contributed by atoms with Gasteiger partial charge in [-0.05, 0) is 19.1 Å². The number of aromatic nitrogens is 1. The van der Waals surface area contributed by atoms with Gasteiger partial charge >= 0.3 is 0 Å². The van der Waals surface area contributed by atoms with Gasteiger partial charge in [0.1, 0.15) is 6.54 Å². The van der Waals surface area contributed by atoms with Gasteiger partial charge in [-0.15, -0.1) is 0 Å². The van der Waals surface area contributed by atoms with E-state index in [1.54, 1.807) is 6.07 Å². The third-order valence-corrected chi connectivity index (χ3v) is 3.43.